The highest BCUT2D eigenvalue weighted by atomic mass is 19.4. The summed E-state index contributed by atoms with van der Waals surface area (Å²) in [6, 6.07) is 10.7. The van der Waals surface area contributed by atoms with Crippen molar-refractivity contribution in [3.63, 3.8) is 0 Å². The lowest BCUT2D eigenvalue weighted by Gasteiger charge is -2.34. The number of halogens is 3. The predicted molar refractivity (Wildman–Crippen MR) is 130 cm³/mol. The smallest absolute Gasteiger partial charge is 0.336 e. The second-order valence-electron chi connectivity index (χ2n) is 8.99. The molecule has 1 N–H and O–H groups in total. The van der Waals surface area contributed by atoms with Gasteiger partial charge in [-0.05, 0) is 50.1 Å². The van der Waals surface area contributed by atoms with Gasteiger partial charge in [0.05, 0.1) is 35.2 Å². The summed E-state index contributed by atoms with van der Waals surface area (Å²) >= 11 is 0. The number of piperazine rings is 1. The van der Waals surface area contributed by atoms with Crippen LogP contribution >= 0.6 is 0 Å². The van der Waals surface area contributed by atoms with Crippen molar-refractivity contribution < 1.29 is 22.8 Å². The molecule has 1 aliphatic rings. The van der Waals surface area contributed by atoms with Crippen LogP contribution in [0.25, 0.3) is 5.69 Å². The van der Waals surface area contributed by atoms with Gasteiger partial charge < -0.3 is 10.2 Å². The van der Waals surface area contributed by atoms with Gasteiger partial charge in [-0.2, -0.15) is 18.3 Å². The molecule has 4 rings (SSSR count). The Morgan fingerprint density at radius 3 is 2.25 bits per heavy atom. The number of rotatable bonds is 5. The number of benzene rings is 2. The Bertz CT molecular complexity index is 1260. The summed E-state index contributed by atoms with van der Waals surface area (Å²) in [5.74, 6) is -0.337. The molecule has 2 amide bonds. The van der Waals surface area contributed by atoms with Crippen molar-refractivity contribution >= 4 is 17.5 Å². The Morgan fingerprint density at radius 2 is 1.61 bits per heavy atom. The summed E-state index contributed by atoms with van der Waals surface area (Å²) in [7, 11) is 0. The van der Waals surface area contributed by atoms with E-state index in [1.54, 1.807) is 11.8 Å². The van der Waals surface area contributed by atoms with E-state index in [0.29, 0.717) is 37.4 Å². The van der Waals surface area contributed by atoms with E-state index in [9.17, 15) is 22.8 Å². The van der Waals surface area contributed by atoms with Crippen LogP contribution in [0.15, 0.2) is 48.7 Å². The Hall–Kier alpha value is -3.66. The Kier molecular flexibility index (Phi) is 7.16. The molecule has 0 aliphatic carbocycles. The summed E-state index contributed by atoms with van der Waals surface area (Å²) in [4.78, 5) is 29.4. The lowest BCUT2D eigenvalue weighted by atomic mass is 10.1. The fraction of sp³-hybridized carbons (Fsp3) is 0.346. The summed E-state index contributed by atoms with van der Waals surface area (Å²) in [5, 5.41) is 7.15. The highest BCUT2D eigenvalue weighted by Gasteiger charge is 2.31. The number of amides is 2. The summed E-state index contributed by atoms with van der Waals surface area (Å²) < 4.78 is 40.6. The van der Waals surface area contributed by atoms with Gasteiger partial charge in [-0.1, -0.05) is 24.3 Å². The molecule has 1 aliphatic heterocycles. The number of hydrogen-bond donors (Lipinski definition) is 1. The van der Waals surface area contributed by atoms with Crippen molar-refractivity contribution in [2.45, 2.75) is 26.9 Å². The predicted octanol–water partition coefficient (Wildman–Crippen LogP) is 4.21. The number of carbonyl (C=O) groups is 2. The van der Waals surface area contributed by atoms with Gasteiger partial charge in [-0.3, -0.25) is 14.5 Å². The molecule has 1 fully saturated rings. The van der Waals surface area contributed by atoms with Gasteiger partial charge in [0.2, 0.25) is 5.91 Å². The van der Waals surface area contributed by atoms with E-state index in [4.69, 9.17) is 0 Å². The minimum absolute atomic E-state index is 0.106. The van der Waals surface area contributed by atoms with Gasteiger partial charge in [0.15, 0.2) is 0 Å². The molecule has 7 nitrogen and oxygen atoms in total. The molecule has 10 heteroatoms. The molecule has 2 heterocycles. The third kappa shape index (κ3) is 5.43. The zero-order valence-electron chi connectivity index (χ0n) is 20.4. The minimum atomic E-state index is -4.47. The molecule has 0 bridgehead atoms. The number of aryl methyl sites for hydroxylation is 2. The molecule has 3 aromatic rings. The lowest BCUT2D eigenvalue weighted by molar-refractivity contribution is -0.137. The molecule has 0 saturated carbocycles. The van der Waals surface area contributed by atoms with E-state index in [-0.39, 0.29) is 24.0 Å². The van der Waals surface area contributed by atoms with Gasteiger partial charge in [0.25, 0.3) is 5.91 Å². The zero-order chi connectivity index (χ0) is 26.0. The van der Waals surface area contributed by atoms with Crippen LogP contribution in [0.4, 0.5) is 18.9 Å². The molecular weight excluding hydrogens is 471 g/mol. The maximum atomic E-state index is 13.1. The number of anilines is 1. The summed E-state index contributed by atoms with van der Waals surface area (Å²) in [6.45, 7) is 7.72. The fourth-order valence-electron chi connectivity index (χ4n) is 4.37. The lowest BCUT2D eigenvalue weighted by Crippen LogP contribution is -2.50. The average molecular weight is 500 g/mol. The molecular formula is C26H28F3N5O2. The molecule has 2 aromatic carbocycles. The first-order valence-corrected chi connectivity index (χ1v) is 11.6. The maximum Gasteiger partial charge on any atom is 0.416 e. The van der Waals surface area contributed by atoms with Crippen molar-refractivity contribution in [1.82, 2.24) is 19.6 Å². The Balaban J connectivity index is 1.37. The first-order chi connectivity index (χ1) is 17.0. The van der Waals surface area contributed by atoms with Crippen LogP contribution in [0.1, 0.15) is 32.7 Å². The van der Waals surface area contributed by atoms with Gasteiger partial charge in [-0.25, -0.2) is 4.68 Å². The average Bonchev–Trinajstić information content (AvgIpc) is 3.22. The van der Waals surface area contributed by atoms with Crippen molar-refractivity contribution in [1.29, 1.82) is 0 Å². The second-order valence-corrected chi connectivity index (χ2v) is 8.99. The van der Waals surface area contributed by atoms with E-state index in [1.807, 2.05) is 36.9 Å². The van der Waals surface area contributed by atoms with E-state index < -0.39 is 11.7 Å². The summed E-state index contributed by atoms with van der Waals surface area (Å²) in [5.41, 5.74) is 3.09. The van der Waals surface area contributed by atoms with Crippen LogP contribution in [0.3, 0.4) is 0 Å². The quantitative estimate of drug-likeness (QED) is 0.571. The van der Waals surface area contributed by atoms with Gasteiger partial charge in [0.1, 0.15) is 0 Å². The van der Waals surface area contributed by atoms with Crippen LogP contribution in [0.5, 0.6) is 0 Å². The minimum Gasteiger partial charge on any atom is -0.336 e. The third-order valence-corrected chi connectivity index (χ3v) is 6.43. The van der Waals surface area contributed by atoms with Gasteiger partial charge in [0, 0.05) is 31.9 Å². The molecule has 36 heavy (non-hydrogen) atoms. The number of aromatic nitrogens is 2. The first-order valence-electron chi connectivity index (χ1n) is 11.6. The SMILES string of the molecule is Cc1cccc(C)c1NC(=O)CN1CCN(C(=O)c2cnn(-c3cccc(C(F)(F)F)c3)c2C)CC1. The monoisotopic (exact) mass is 499 g/mol. The Morgan fingerprint density at radius 1 is 0.972 bits per heavy atom. The van der Waals surface area contributed by atoms with Crippen LogP contribution in [0, 0.1) is 20.8 Å². The van der Waals surface area contributed by atoms with Gasteiger partial charge >= 0.3 is 6.18 Å². The van der Waals surface area contributed by atoms with Crippen LogP contribution in [0.2, 0.25) is 0 Å². The molecule has 190 valence electrons. The fourth-order valence-corrected chi connectivity index (χ4v) is 4.37. The number of carbonyl (C=O) groups excluding carboxylic acids is 2. The molecule has 0 atom stereocenters. The largest absolute Gasteiger partial charge is 0.416 e. The number of nitrogens with zero attached hydrogens (tertiary/aromatic N) is 4. The van der Waals surface area contributed by atoms with Crippen LogP contribution in [-0.4, -0.2) is 64.1 Å². The molecule has 1 saturated heterocycles. The molecule has 0 radical (unpaired) electrons. The van der Waals surface area contributed by atoms with E-state index in [2.05, 4.69) is 10.4 Å². The van der Waals surface area contributed by atoms with Crippen molar-refractivity contribution in [3.8, 4) is 5.69 Å². The van der Waals surface area contributed by atoms with E-state index in [1.165, 1.54) is 23.0 Å². The van der Waals surface area contributed by atoms with E-state index >= 15 is 0 Å². The third-order valence-electron chi connectivity index (χ3n) is 6.43. The highest BCUT2D eigenvalue weighted by molar-refractivity contribution is 5.95. The zero-order valence-corrected chi connectivity index (χ0v) is 20.4. The molecule has 0 spiro atoms. The number of alkyl halides is 3. The first kappa shape index (κ1) is 25.4. The number of para-hydroxylation sites is 1. The standard InChI is InChI=1S/C26H28F3N5O2/c1-17-6-4-7-18(2)24(17)31-23(35)16-32-10-12-33(13-11-32)25(36)22-15-30-34(19(22)3)21-9-5-8-20(14-21)26(27,28)29/h4-9,14-15H,10-13,16H2,1-3H3,(H,31,35). The van der Waals surface area contributed by atoms with E-state index in [0.717, 1.165) is 28.9 Å². The highest BCUT2D eigenvalue weighted by Crippen LogP contribution is 2.30. The second kappa shape index (κ2) is 10.1. The maximum absolute atomic E-state index is 13.1. The topological polar surface area (TPSA) is 70.5 Å². The van der Waals surface area contributed by atoms with Crippen molar-refractivity contribution in [3.05, 3.63) is 76.6 Å². The Labute approximate surface area is 207 Å². The summed E-state index contributed by atoms with van der Waals surface area (Å²) in [6.07, 6.45) is -3.08. The van der Waals surface area contributed by atoms with Crippen molar-refractivity contribution in [2.75, 3.05) is 38.0 Å². The molecule has 0 unspecified atom stereocenters. The molecule has 1 aromatic heterocycles. The number of hydrogen-bond acceptors (Lipinski definition) is 4. The normalized spacial score (nSPS) is 14.7. The van der Waals surface area contributed by atoms with Crippen LogP contribution < -0.4 is 5.32 Å². The van der Waals surface area contributed by atoms with Crippen molar-refractivity contribution in [2.24, 2.45) is 0 Å². The van der Waals surface area contributed by atoms with Gasteiger partial charge in [-0.15, -0.1) is 0 Å². The van der Waals surface area contributed by atoms with Crippen LogP contribution in [-0.2, 0) is 11.0 Å². The number of nitrogens with one attached hydrogen (secondary N) is 1.